The Morgan fingerprint density at radius 1 is 1.27 bits per heavy atom. The maximum atomic E-state index is 12.3. The Morgan fingerprint density at radius 2 is 2.12 bits per heavy atom. The molecular formula is C25H30ClN3O4. The predicted octanol–water partition coefficient (Wildman–Crippen LogP) is 4.09. The largest absolute Gasteiger partial charge is 0.480 e. The van der Waals surface area contributed by atoms with Crippen molar-refractivity contribution in [3.8, 4) is 0 Å². The third-order valence-corrected chi connectivity index (χ3v) is 6.64. The number of hydrogen-bond donors (Lipinski definition) is 3. The Hall–Kier alpha value is -2.64. The molecule has 1 aliphatic heterocycles. The number of nitrogens with zero attached hydrogens (tertiary/aromatic N) is 1. The minimum Gasteiger partial charge on any atom is -0.480 e. The van der Waals surface area contributed by atoms with Gasteiger partial charge >= 0.3 is 5.97 Å². The minimum atomic E-state index is -1.08. The van der Waals surface area contributed by atoms with Crippen LogP contribution in [-0.4, -0.2) is 47.3 Å². The zero-order valence-electron chi connectivity index (χ0n) is 18.6. The number of amides is 1. The number of fused-ring (bicyclic) bond motifs is 1. The highest BCUT2D eigenvalue weighted by molar-refractivity contribution is 6.31. The summed E-state index contributed by atoms with van der Waals surface area (Å²) in [5, 5.41) is 15.8. The lowest BCUT2D eigenvalue weighted by molar-refractivity contribution is -0.140. The van der Waals surface area contributed by atoms with Gasteiger partial charge < -0.3 is 20.5 Å². The molecule has 0 radical (unpaired) electrons. The van der Waals surface area contributed by atoms with Crippen LogP contribution in [0.2, 0.25) is 5.02 Å². The number of aryl methyl sites for hydroxylation is 2. The molecule has 3 N–H and O–H groups in total. The number of carbonyl (C=O) groups is 2. The van der Waals surface area contributed by atoms with Gasteiger partial charge in [0.15, 0.2) is 0 Å². The third-order valence-electron chi connectivity index (χ3n) is 6.40. The van der Waals surface area contributed by atoms with Crippen molar-refractivity contribution in [3.05, 3.63) is 58.2 Å². The first-order valence-electron chi connectivity index (χ1n) is 11.6. The predicted molar refractivity (Wildman–Crippen MR) is 127 cm³/mol. The number of carboxylic acid groups (broad SMARTS) is 1. The highest BCUT2D eigenvalue weighted by Crippen LogP contribution is 2.34. The molecule has 0 bridgehead atoms. The summed E-state index contributed by atoms with van der Waals surface area (Å²) in [6.45, 7) is 1.29. The van der Waals surface area contributed by atoms with E-state index in [1.165, 1.54) is 18.1 Å². The van der Waals surface area contributed by atoms with Gasteiger partial charge in [0.1, 0.15) is 11.9 Å². The Bertz CT molecular complexity index is 993. The normalized spacial score (nSPS) is 20.2. The average Bonchev–Trinajstić information content (AvgIpc) is 2.78. The SMILES string of the molecule is O=C(N[C@@H](CCO[C@H]1C[C@H](CCc2ccc3c(n2)NCCC3)C1)C(=O)O)c1cccc(Cl)c1. The van der Waals surface area contributed by atoms with E-state index < -0.39 is 17.9 Å². The van der Waals surface area contributed by atoms with Gasteiger partial charge in [-0.25, -0.2) is 9.78 Å². The van der Waals surface area contributed by atoms with Crippen molar-refractivity contribution >= 4 is 29.3 Å². The van der Waals surface area contributed by atoms with Crippen molar-refractivity contribution < 1.29 is 19.4 Å². The molecule has 1 aromatic carbocycles. The van der Waals surface area contributed by atoms with E-state index in [4.69, 9.17) is 21.3 Å². The van der Waals surface area contributed by atoms with E-state index in [9.17, 15) is 14.7 Å². The Kier molecular flexibility index (Phi) is 7.83. The van der Waals surface area contributed by atoms with Crippen molar-refractivity contribution in [2.24, 2.45) is 5.92 Å². The molecule has 4 rings (SSSR count). The van der Waals surface area contributed by atoms with Crippen LogP contribution in [0.4, 0.5) is 5.82 Å². The summed E-state index contributed by atoms with van der Waals surface area (Å²) in [6, 6.07) is 9.76. The van der Waals surface area contributed by atoms with Crippen LogP contribution in [0.5, 0.6) is 0 Å². The van der Waals surface area contributed by atoms with Crippen molar-refractivity contribution in [3.63, 3.8) is 0 Å². The molecule has 7 nitrogen and oxygen atoms in total. The number of pyridine rings is 1. The number of halogens is 1. The summed E-state index contributed by atoms with van der Waals surface area (Å²) in [7, 11) is 0. The van der Waals surface area contributed by atoms with Crippen LogP contribution in [0.1, 0.15) is 53.7 Å². The van der Waals surface area contributed by atoms with E-state index in [1.54, 1.807) is 18.2 Å². The highest BCUT2D eigenvalue weighted by atomic mass is 35.5. The highest BCUT2D eigenvalue weighted by Gasteiger charge is 2.30. The summed E-state index contributed by atoms with van der Waals surface area (Å²) in [5.41, 5.74) is 2.78. The fourth-order valence-corrected chi connectivity index (χ4v) is 4.58. The second-order valence-electron chi connectivity index (χ2n) is 8.87. The fourth-order valence-electron chi connectivity index (χ4n) is 4.39. The van der Waals surface area contributed by atoms with Crippen LogP contribution in [0.25, 0.3) is 0 Å². The summed E-state index contributed by atoms with van der Waals surface area (Å²) in [6.07, 6.45) is 6.65. The lowest BCUT2D eigenvalue weighted by atomic mass is 9.79. The number of hydrogen-bond acceptors (Lipinski definition) is 5. The van der Waals surface area contributed by atoms with E-state index in [2.05, 4.69) is 22.8 Å². The van der Waals surface area contributed by atoms with E-state index in [0.29, 0.717) is 23.1 Å². The number of rotatable bonds is 10. The molecule has 1 fully saturated rings. The molecule has 0 unspecified atom stereocenters. The van der Waals surface area contributed by atoms with Gasteiger partial charge in [-0.15, -0.1) is 0 Å². The molecule has 2 heterocycles. The second-order valence-corrected chi connectivity index (χ2v) is 9.31. The first-order valence-corrected chi connectivity index (χ1v) is 12.0. The monoisotopic (exact) mass is 471 g/mol. The maximum absolute atomic E-state index is 12.3. The van der Waals surface area contributed by atoms with Gasteiger partial charge in [-0.2, -0.15) is 0 Å². The van der Waals surface area contributed by atoms with Gasteiger partial charge in [0, 0.05) is 35.9 Å². The molecule has 0 saturated heterocycles. The molecule has 1 aromatic heterocycles. The first kappa shape index (κ1) is 23.5. The van der Waals surface area contributed by atoms with Gasteiger partial charge in [-0.3, -0.25) is 4.79 Å². The fraction of sp³-hybridized carbons (Fsp3) is 0.480. The van der Waals surface area contributed by atoms with Crippen LogP contribution in [0.15, 0.2) is 36.4 Å². The maximum Gasteiger partial charge on any atom is 0.326 e. The third kappa shape index (κ3) is 6.45. The Labute approximate surface area is 198 Å². The van der Waals surface area contributed by atoms with Crippen LogP contribution in [0.3, 0.4) is 0 Å². The molecule has 2 aliphatic rings. The standard InChI is InChI=1S/C25H30ClN3O4/c26-19-5-1-3-18(15-19)24(30)29-22(25(31)32)10-12-33-21-13-16(14-21)6-8-20-9-7-17-4-2-11-27-23(17)28-20/h1,3,5,7,9,15-16,21-22H,2,4,6,8,10-14H2,(H,27,28)(H,29,30)(H,31,32)/t16-,21-,22-/m0/s1. The number of ether oxygens (including phenoxy) is 1. The minimum absolute atomic E-state index is 0.159. The lowest BCUT2D eigenvalue weighted by Gasteiger charge is -2.35. The van der Waals surface area contributed by atoms with Gasteiger partial charge in [0.05, 0.1) is 6.10 Å². The molecule has 1 amide bonds. The van der Waals surface area contributed by atoms with Crippen LogP contribution >= 0.6 is 11.6 Å². The first-order chi connectivity index (χ1) is 16.0. The number of nitrogens with one attached hydrogen (secondary N) is 2. The number of anilines is 1. The van der Waals surface area contributed by atoms with E-state index in [-0.39, 0.29) is 12.5 Å². The number of benzene rings is 1. The summed E-state index contributed by atoms with van der Waals surface area (Å²) < 4.78 is 5.86. The molecule has 2 aromatic rings. The quantitative estimate of drug-likeness (QED) is 0.482. The van der Waals surface area contributed by atoms with Crippen LogP contribution < -0.4 is 10.6 Å². The Balaban J connectivity index is 1.14. The average molecular weight is 472 g/mol. The number of aromatic nitrogens is 1. The molecule has 1 atom stereocenters. The molecule has 0 spiro atoms. The second kappa shape index (κ2) is 11.0. The van der Waals surface area contributed by atoms with E-state index >= 15 is 0 Å². The van der Waals surface area contributed by atoms with Gasteiger partial charge in [0.25, 0.3) is 5.91 Å². The van der Waals surface area contributed by atoms with Crippen molar-refractivity contribution in [2.75, 3.05) is 18.5 Å². The van der Waals surface area contributed by atoms with Crippen molar-refractivity contribution in [2.45, 2.75) is 57.1 Å². The van der Waals surface area contributed by atoms with Gasteiger partial charge in [0.2, 0.25) is 0 Å². The van der Waals surface area contributed by atoms with Crippen molar-refractivity contribution in [1.29, 1.82) is 0 Å². The van der Waals surface area contributed by atoms with Crippen molar-refractivity contribution in [1.82, 2.24) is 10.3 Å². The molecular weight excluding hydrogens is 442 g/mol. The summed E-state index contributed by atoms with van der Waals surface area (Å²) >= 11 is 5.90. The molecule has 1 saturated carbocycles. The molecule has 8 heteroatoms. The lowest BCUT2D eigenvalue weighted by Crippen LogP contribution is -2.42. The van der Waals surface area contributed by atoms with Crippen LogP contribution in [0, 0.1) is 5.92 Å². The molecule has 1 aliphatic carbocycles. The number of aliphatic carboxylic acids is 1. The number of carbonyl (C=O) groups excluding carboxylic acids is 1. The Morgan fingerprint density at radius 3 is 2.91 bits per heavy atom. The van der Waals surface area contributed by atoms with Gasteiger partial charge in [-0.05, 0) is 74.3 Å². The van der Waals surface area contributed by atoms with E-state index in [0.717, 1.165) is 50.2 Å². The number of carboxylic acids is 1. The van der Waals surface area contributed by atoms with Crippen LogP contribution in [-0.2, 0) is 22.4 Å². The van der Waals surface area contributed by atoms with Gasteiger partial charge in [-0.1, -0.05) is 23.7 Å². The molecule has 33 heavy (non-hydrogen) atoms. The van der Waals surface area contributed by atoms with E-state index in [1.807, 2.05) is 0 Å². The summed E-state index contributed by atoms with van der Waals surface area (Å²) in [5.74, 6) is 0.120. The zero-order chi connectivity index (χ0) is 23.2. The zero-order valence-corrected chi connectivity index (χ0v) is 19.3. The topological polar surface area (TPSA) is 101 Å². The smallest absolute Gasteiger partial charge is 0.326 e. The molecule has 176 valence electrons. The summed E-state index contributed by atoms with van der Waals surface area (Å²) in [4.78, 5) is 28.6.